The average Bonchev–Trinajstić information content (AvgIpc) is 3.32. The van der Waals surface area contributed by atoms with Gasteiger partial charge in [-0.3, -0.25) is 4.79 Å². The minimum absolute atomic E-state index is 0.00953. The third kappa shape index (κ3) is 7.14. The summed E-state index contributed by atoms with van der Waals surface area (Å²) in [7, 11) is 1.32. The van der Waals surface area contributed by atoms with E-state index in [-0.39, 0.29) is 23.0 Å². The molecule has 3 heterocycles. The van der Waals surface area contributed by atoms with Crippen LogP contribution in [0.15, 0.2) is 54.7 Å². The van der Waals surface area contributed by atoms with Gasteiger partial charge in [0.25, 0.3) is 5.91 Å². The number of benzene rings is 1. The first-order chi connectivity index (χ1) is 17.5. The van der Waals surface area contributed by atoms with E-state index in [2.05, 4.69) is 48.6 Å². The average molecular weight is 522 g/mol. The van der Waals surface area contributed by atoms with E-state index in [1.165, 1.54) is 18.4 Å². The highest BCUT2D eigenvalue weighted by Crippen LogP contribution is 2.31. The molecule has 3 aromatic rings. The van der Waals surface area contributed by atoms with Crippen LogP contribution in [-0.4, -0.2) is 52.1 Å². The molecule has 1 unspecified atom stereocenters. The van der Waals surface area contributed by atoms with E-state index < -0.39 is 12.0 Å². The minimum Gasteiger partial charge on any atom is -0.467 e. The van der Waals surface area contributed by atoms with Crippen LogP contribution >= 0.6 is 11.3 Å². The number of amides is 1. The van der Waals surface area contributed by atoms with E-state index >= 15 is 0 Å². The zero-order valence-corrected chi connectivity index (χ0v) is 22.8. The molecule has 0 radical (unpaired) electrons. The van der Waals surface area contributed by atoms with Crippen molar-refractivity contribution in [3.63, 3.8) is 0 Å². The molecule has 0 saturated carbocycles. The largest absolute Gasteiger partial charge is 0.467 e. The second kappa shape index (κ2) is 11.0. The lowest BCUT2D eigenvalue weighted by Crippen LogP contribution is -2.60. The van der Waals surface area contributed by atoms with E-state index in [0.29, 0.717) is 17.2 Å². The minimum atomic E-state index is -0.779. The molecule has 37 heavy (non-hydrogen) atoms. The van der Waals surface area contributed by atoms with Crippen molar-refractivity contribution in [2.24, 2.45) is 0 Å². The van der Waals surface area contributed by atoms with Crippen LogP contribution in [0.25, 0.3) is 10.6 Å². The van der Waals surface area contributed by atoms with E-state index in [9.17, 15) is 9.59 Å². The molecule has 9 heteroatoms. The smallest absolute Gasteiger partial charge is 0.328 e. The van der Waals surface area contributed by atoms with Crippen LogP contribution in [0.2, 0.25) is 0 Å². The number of rotatable bonds is 8. The number of nitrogens with zero attached hydrogens (tertiary/aromatic N) is 2. The van der Waals surface area contributed by atoms with Crippen LogP contribution in [0.4, 0.5) is 5.95 Å². The summed E-state index contributed by atoms with van der Waals surface area (Å²) in [4.78, 5) is 35.8. The Morgan fingerprint density at radius 2 is 1.78 bits per heavy atom. The number of hydrogen-bond donors (Lipinski definition) is 3. The van der Waals surface area contributed by atoms with E-state index in [1.54, 1.807) is 12.3 Å². The molecule has 1 amide bonds. The predicted molar refractivity (Wildman–Crippen MR) is 147 cm³/mol. The van der Waals surface area contributed by atoms with Gasteiger partial charge in [0, 0.05) is 29.7 Å². The summed E-state index contributed by atoms with van der Waals surface area (Å²) >= 11 is 1.32. The lowest BCUT2D eigenvalue weighted by Gasteiger charge is -2.46. The van der Waals surface area contributed by atoms with Crippen molar-refractivity contribution >= 4 is 29.2 Å². The van der Waals surface area contributed by atoms with Crippen LogP contribution in [0.1, 0.15) is 55.8 Å². The molecule has 196 valence electrons. The summed E-state index contributed by atoms with van der Waals surface area (Å²) in [6.07, 6.45) is 3.99. The standard InChI is InChI=1S/C28H35N5O3S/c1-27(2)16-19(17-28(3,4)33-27)30-26-29-14-13-20(32-26)22-11-12-23(37-22)24(34)31-21(25(35)36-5)15-18-9-7-6-8-10-18/h6-14,19,21,33H,15-17H2,1-5H3,(H,31,34)(H,29,30,32). The fourth-order valence-corrected chi connectivity index (χ4v) is 6.06. The van der Waals surface area contributed by atoms with Crippen LogP contribution in [0.3, 0.4) is 0 Å². The molecule has 2 aromatic heterocycles. The highest BCUT2D eigenvalue weighted by Gasteiger charge is 2.37. The summed E-state index contributed by atoms with van der Waals surface area (Å²) < 4.78 is 4.92. The first-order valence-electron chi connectivity index (χ1n) is 12.5. The quantitative estimate of drug-likeness (QED) is 0.376. The summed E-state index contributed by atoms with van der Waals surface area (Å²) in [5.74, 6) is -0.233. The Bertz CT molecular complexity index is 1230. The van der Waals surface area contributed by atoms with E-state index in [0.717, 1.165) is 29.0 Å². The normalized spacial score (nSPS) is 17.5. The van der Waals surface area contributed by atoms with Crippen molar-refractivity contribution in [2.75, 3.05) is 12.4 Å². The molecule has 1 aliphatic rings. The molecule has 1 aromatic carbocycles. The molecular formula is C28H35N5O3S. The highest BCUT2D eigenvalue weighted by molar-refractivity contribution is 7.17. The number of anilines is 1. The maximum Gasteiger partial charge on any atom is 0.328 e. The molecule has 1 atom stereocenters. The van der Waals surface area contributed by atoms with Crippen LogP contribution in [0.5, 0.6) is 0 Å². The number of carbonyl (C=O) groups is 2. The summed E-state index contributed by atoms with van der Waals surface area (Å²) in [6, 6.07) is 14.4. The Kier molecular flexibility index (Phi) is 7.94. The second-order valence-corrected chi connectivity index (χ2v) is 11.9. The molecule has 8 nitrogen and oxygen atoms in total. The van der Waals surface area contributed by atoms with Gasteiger partial charge < -0.3 is 20.7 Å². The fourth-order valence-electron chi connectivity index (χ4n) is 5.18. The Hall–Kier alpha value is -3.30. The van der Waals surface area contributed by atoms with Gasteiger partial charge in [-0.05, 0) is 64.3 Å². The van der Waals surface area contributed by atoms with Crippen LogP contribution in [-0.2, 0) is 16.0 Å². The van der Waals surface area contributed by atoms with Gasteiger partial charge in [-0.15, -0.1) is 11.3 Å². The summed E-state index contributed by atoms with van der Waals surface area (Å²) in [6.45, 7) is 8.84. The molecule has 0 spiro atoms. The number of nitrogens with one attached hydrogen (secondary N) is 3. The SMILES string of the molecule is COC(=O)C(Cc1ccccc1)NC(=O)c1ccc(-c2ccnc(NC3CC(C)(C)NC(C)(C)C3)n2)s1. The Labute approximate surface area is 222 Å². The molecule has 0 aliphatic carbocycles. The fraction of sp³-hybridized carbons (Fsp3) is 0.429. The number of esters is 1. The van der Waals surface area contributed by atoms with Crippen molar-refractivity contribution in [2.45, 2.75) is 70.1 Å². The molecule has 1 fully saturated rings. The van der Waals surface area contributed by atoms with Crippen molar-refractivity contribution in [1.82, 2.24) is 20.6 Å². The Morgan fingerprint density at radius 1 is 1.08 bits per heavy atom. The third-order valence-electron chi connectivity index (χ3n) is 6.33. The topological polar surface area (TPSA) is 105 Å². The lowest BCUT2D eigenvalue weighted by atomic mass is 9.80. The molecule has 1 aliphatic heterocycles. The van der Waals surface area contributed by atoms with Crippen molar-refractivity contribution in [1.29, 1.82) is 0 Å². The van der Waals surface area contributed by atoms with Crippen molar-refractivity contribution < 1.29 is 14.3 Å². The van der Waals surface area contributed by atoms with Gasteiger partial charge in [0.05, 0.1) is 22.6 Å². The zero-order chi connectivity index (χ0) is 26.6. The molecule has 1 saturated heterocycles. The number of carbonyl (C=O) groups excluding carboxylic acids is 2. The number of hydrogen-bond acceptors (Lipinski definition) is 8. The number of methoxy groups -OCH3 is 1. The van der Waals surface area contributed by atoms with E-state index in [4.69, 9.17) is 9.72 Å². The number of aromatic nitrogens is 2. The van der Waals surface area contributed by atoms with Gasteiger partial charge in [0.1, 0.15) is 6.04 Å². The molecule has 0 bridgehead atoms. The number of ether oxygens (including phenoxy) is 1. The first kappa shape index (κ1) is 26.8. The van der Waals surface area contributed by atoms with Gasteiger partial charge in [-0.2, -0.15) is 0 Å². The van der Waals surface area contributed by atoms with Crippen molar-refractivity contribution in [3.05, 3.63) is 65.2 Å². The first-order valence-corrected chi connectivity index (χ1v) is 13.3. The maximum atomic E-state index is 13.0. The Balaban J connectivity index is 1.45. The highest BCUT2D eigenvalue weighted by atomic mass is 32.1. The number of piperidine rings is 1. The molecule has 4 rings (SSSR count). The van der Waals surface area contributed by atoms with Gasteiger partial charge in [0.2, 0.25) is 5.95 Å². The Morgan fingerprint density at radius 3 is 2.46 bits per heavy atom. The van der Waals surface area contributed by atoms with Gasteiger partial charge in [0.15, 0.2) is 0 Å². The predicted octanol–water partition coefficient (Wildman–Crippen LogP) is 4.44. The maximum absolute atomic E-state index is 13.0. The summed E-state index contributed by atoms with van der Waals surface area (Å²) in [5, 5.41) is 10.0. The van der Waals surface area contributed by atoms with Gasteiger partial charge in [-0.25, -0.2) is 14.8 Å². The van der Waals surface area contributed by atoms with Crippen LogP contribution < -0.4 is 16.0 Å². The number of thiophene rings is 1. The second-order valence-electron chi connectivity index (χ2n) is 10.8. The lowest BCUT2D eigenvalue weighted by molar-refractivity contribution is -0.142. The van der Waals surface area contributed by atoms with Gasteiger partial charge in [-0.1, -0.05) is 30.3 Å². The monoisotopic (exact) mass is 521 g/mol. The summed E-state index contributed by atoms with van der Waals surface area (Å²) in [5.41, 5.74) is 1.69. The van der Waals surface area contributed by atoms with E-state index in [1.807, 2.05) is 42.5 Å². The molecular weight excluding hydrogens is 486 g/mol. The molecule has 3 N–H and O–H groups in total. The van der Waals surface area contributed by atoms with Crippen molar-refractivity contribution in [3.8, 4) is 10.6 Å². The third-order valence-corrected chi connectivity index (χ3v) is 7.44. The van der Waals surface area contributed by atoms with Crippen LogP contribution in [0, 0.1) is 0 Å². The van der Waals surface area contributed by atoms with Gasteiger partial charge >= 0.3 is 5.97 Å². The zero-order valence-electron chi connectivity index (χ0n) is 22.0.